The smallest absolute Gasteiger partial charge is 0.288 e. The molecule has 0 aliphatic carbocycles. The molecule has 0 radical (unpaired) electrons. The number of anilines is 1. The van der Waals surface area contributed by atoms with Gasteiger partial charge >= 0.3 is 0 Å². The number of thiophene rings is 1. The highest BCUT2D eigenvalue weighted by atomic mass is 32.2. The Balaban J connectivity index is 1.86. The molecule has 0 bridgehead atoms. The second-order valence-corrected chi connectivity index (χ2v) is 10.8. The highest BCUT2D eigenvalue weighted by molar-refractivity contribution is 7.99. The Kier molecular flexibility index (Phi) is 7.84. The van der Waals surface area contributed by atoms with Crippen LogP contribution in [0, 0.1) is 25.2 Å². The van der Waals surface area contributed by atoms with E-state index in [1.807, 2.05) is 49.6 Å². The average Bonchev–Trinajstić information content (AvgIpc) is 3.44. The third-order valence-corrected chi connectivity index (χ3v) is 7.76. The van der Waals surface area contributed by atoms with Crippen LogP contribution in [0.3, 0.4) is 0 Å². The first-order valence-electron chi connectivity index (χ1n) is 10.6. The van der Waals surface area contributed by atoms with Gasteiger partial charge in [-0.3, -0.25) is 14.2 Å². The molecule has 2 aromatic heterocycles. The number of thiazole rings is 1. The molecule has 36 heavy (non-hydrogen) atoms. The molecule has 4 aromatic rings. The number of nitrogens with one attached hydrogen (secondary N) is 1. The molecule has 0 fully saturated rings. The van der Waals surface area contributed by atoms with E-state index in [1.165, 1.54) is 40.2 Å². The van der Waals surface area contributed by atoms with Crippen molar-refractivity contribution in [1.29, 1.82) is 5.26 Å². The summed E-state index contributed by atoms with van der Waals surface area (Å²) in [7, 11) is 0. The summed E-state index contributed by atoms with van der Waals surface area (Å²) in [5, 5.41) is 14.5. The molecular weight excluding hydrogens is 521 g/mol. The molecule has 0 aliphatic heterocycles. The molecule has 0 atom stereocenters. The first-order chi connectivity index (χ1) is 17.3. The van der Waals surface area contributed by atoms with Crippen LogP contribution in [-0.2, 0) is 4.79 Å². The van der Waals surface area contributed by atoms with Crippen LogP contribution in [0.1, 0.15) is 16.0 Å². The molecule has 5 nitrogen and oxygen atoms in total. The lowest BCUT2D eigenvalue weighted by atomic mass is 10.1. The van der Waals surface area contributed by atoms with Gasteiger partial charge in [-0.25, -0.2) is 0 Å². The minimum atomic E-state index is -2.55. The maximum atomic E-state index is 13.5. The Morgan fingerprint density at radius 2 is 1.92 bits per heavy atom. The number of alkyl halides is 2. The van der Waals surface area contributed by atoms with Gasteiger partial charge in [-0.15, -0.1) is 22.7 Å². The monoisotopic (exact) mass is 539 g/mol. The average molecular weight is 540 g/mol. The third kappa shape index (κ3) is 5.65. The predicted octanol–water partition coefficient (Wildman–Crippen LogP) is 5.03. The Hall–Kier alpha value is -3.52. The lowest BCUT2D eigenvalue weighted by molar-refractivity contribution is -0.111. The number of hydrogen-bond donors (Lipinski definition) is 1. The van der Waals surface area contributed by atoms with Crippen molar-refractivity contribution in [2.24, 2.45) is 0 Å². The van der Waals surface area contributed by atoms with Crippen molar-refractivity contribution in [1.82, 2.24) is 4.57 Å². The van der Waals surface area contributed by atoms with E-state index in [0.717, 1.165) is 27.3 Å². The van der Waals surface area contributed by atoms with Crippen LogP contribution < -0.4 is 20.1 Å². The van der Waals surface area contributed by atoms with Gasteiger partial charge in [-0.1, -0.05) is 35.5 Å². The zero-order chi connectivity index (χ0) is 25.8. The second kappa shape index (κ2) is 11.0. The molecule has 0 spiro atoms. The molecule has 0 unspecified atom stereocenters. The Bertz CT molecular complexity index is 1630. The van der Waals surface area contributed by atoms with Crippen molar-refractivity contribution in [3.05, 3.63) is 95.5 Å². The summed E-state index contributed by atoms with van der Waals surface area (Å²) in [4.78, 5) is 27.9. The highest BCUT2D eigenvalue weighted by Crippen LogP contribution is 2.26. The maximum absolute atomic E-state index is 13.5. The van der Waals surface area contributed by atoms with Gasteiger partial charge in [0.25, 0.3) is 17.2 Å². The van der Waals surface area contributed by atoms with Crippen molar-refractivity contribution < 1.29 is 13.6 Å². The van der Waals surface area contributed by atoms with Crippen molar-refractivity contribution >= 4 is 57.7 Å². The lowest BCUT2D eigenvalue weighted by Gasteiger charge is -2.09. The molecule has 2 aromatic carbocycles. The van der Waals surface area contributed by atoms with Gasteiger partial charge in [0.1, 0.15) is 10.7 Å². The van der Waals surface area contributed by atoms with E-state index in [4.69, 9.17) is 0 Å². The van der Waals surface area contributed by atoms with E-state index in [0.29, 0.717) is 32.6 Å². The van der Waals surface area contributed by atoms with Crippen LogP contribution in [0.4, 0.5) is 14.5 Å². The van der Waals surface area contributed by atoms with Crippen LogP contribution in [0.2, 0.25) is 0 Å². The number of aryl methyl sites for hydroxylation is 2. The minimum Gasteiger partial charge on any atom is -0.321 e. The quantitative estimate of drug-likeness (QED) is 0.349. The summed E-state index contributed by atoms with van der Waals surface area (Å²) in [6.07, 6.45) is 1.74. The molecule has 10 heteroatoms. The summed E-state index contributed by atoms with van der Waals surface area (Å²) in [6, 6.07) is 17.2. The number of thioether (sulfide) groups is 1. The van der Waals surface area contributed by atoms with Gasteiger partial charge in [-0.05, 0) is 67.3 Å². The first kappa shape index (κ1) is 25.6. The van der Waals surface area contributed by atoms with E-state index in [2.05, 4.69) is 5.32 Å². The minimum absolute atomic E-state index is 0.208. The topological polar surface area (TPSA) is 74.9 Å². The molecule has 182 valence electrons. The first-order valence-corrected chi connectivity index (χ1v) is 13.2. The largest absolute Gasteiger partial charge is 0.321 e. The number of hydrogen-bond acceptors (Lipinski definition) is 6. The Labute approximate surface area is 217 Å². The molecule has 0 saturated heterocycles. The zero-order valence-electron chi connectivity index (χ0n) is 19.1. The van der Waals surface area contributed by atoms with Crippen molar-refractivity contribution in [3.63, 3.8) is 0 Å². The third-order valence-electron chi connectivity index (χ3n) is 5.12. The summed E-state index contributed by atoms with van der Waals surface area (Å²) in [5.74, 6) is -3.25. The number of carbonyl (C=O) groups is 1. The number of amides is 1. The van der Waals surface area contributed by atoms with E-state index in [1.54, 1.807) is 12.1 Å². The molecule has 2 heterocycles. The fraction of sp³-hybridized carbons (Fsp3) is 0.115. The SMILES string of the molecule is Cc1ccc(-n2c(=O)/c(=C/c3cccs3)s/c2=C(/C#N)C(=O)Nc2ccc(SC(F)F)cc2)c(C)c1. The van der Waals surface area contributed by atoms with Gasteiger partial charge in [0.15, 0.2) is 5.57 Å². The number of carbonyl (C=O) groups excluding carboxylic acids is 1. The van der Waals surface area contributed by atoms with E-state index in [-0.39, 0.29) is 15.8 Å². The summed E-state index contributed by atoms with van der Waals surface area (Å²) in [6.45, 7) is 3.80. The number of aromatic nitrogens is 1. The number of nitriles is 1. The molecular formula is C26H19F2N3O2S3. The zero-order valence-corrected chi connectivity index (χ0v) is 21.6. The van der Waals surface area contributed by atoms with E-state index < -0.39 is 11.7 Å². The van der Waals surface area contributed by atoms with Crippen molar-refractivity contribution in [2.45, 2.75) is 24.5 Å². The summed E-state index contributed by atoms with van der Waals surface area (Å²) >= 11 is 2.94. The Morgan fingerprint density at radius 3 is 2.53 bits per heavy atom. The summed E-state index contributed by atoms with van der Waals surface area (Å²) < 4.78 is 27.2. The van der Waals surface area contributed by atoms with Crippen LogP contribution in [-0.4, -0.2) is 16.2 Å². The Morgan fingerprint density at radius 1 is 1.17 bits per heavy atom. The van der Waals surface area contributed by atoms with Gasteiger partial charge in [0.05, 0.1) is 10.2 Å². The number of rotatable bonds is 6. The fourth-order valence-electron chi connectivity index (χ4n) is 3.54. The lowest BCUT2D eigenvalue weighted by Crippen LogP contribution is -2.32. The highest BCUT2D eigenvalue weighted by Gasteiger charge is 2.18. The van der Waals surface area contributed by atoms with Crippen LogP contribution in [0.25, 0.3) is 17.3 Å². The molecule has 0 saturated carbocycles. The van der Waals surface area contributed by atoms with Gasteiger partial charge in [-0.2, -0.15) is 14.0 Å². The molecule has 4 rings (SSSR count). The standard InChI is InChI=1S/C26H19F2N3O2S3/c1-15-5-10-21(16(2)12-15)31-24(33)22(13-19-4-3-11-34-19)36-25(31)20(14-29)23(32)30-17-6-8-18(9-7-17)35-26(27)28/h3-13,26H,1-2H3,(H,30,32)/b22-13-,25-20-. The van der Waals surface area contributed by atoms with E-state index >= 15 is 0 Å². The fourth-order valence-corrected chi connectivity index (χ4v) is 5.85. The molecule has 1 N–H and O–H groups in total. The van der Waals surface area contributed by atoms with E-state index in [9.17, 15) is 23.6 Å². The van der Waals surface area contributed by atoms with Crippen LogP contribution in [0.15, 0.2) is 69.7 Å². The number of nitrogens with zero attached hydrogens (tertiary/aromatic N) is 2. The normalized spacial score (nSPS) is 12.5. The second-order valence-electron chi connectivity index (χ2n) is 7.71. The van der Waals surface area contributed by atoms with Gasteiger partial charge in [0.2, 0.25) is 0 Å². The van der Waals surface area contributed by atoms with Gasteiger partial charge < -0.3 is 5.32 Å². The van der Waals surface area contributed by atoms with Crippen LogP contribution >= 0.6 is 34.4 Å². The van der Waals surface area contributed by atoms with Crippen molar-refractivity contribution in [3.8, 4) is 11.8 Å². The summed E-state index contributed by atoms with van der Waals surface area (Å²) in [5.41, 5.74) is 2.20. The van der Waals surface area contributed by atoms with Crippen LogP contribution in [0.5, 0.6) is 0 Å². The van der Waals surface area contributed by atoms with Gasteiger partial charge in [0, 0.05) is 15.5 Å². The van der Waals surface area contributed by atoms with Crippen molar-refractivity contribution in [2.75, 3.05) is 5.32 Å². The molecule has 0 aliphatic rings. The molecule has 1 amide bonds. The predicted molar refractivity (Wildman–Crippen MR) is 142 cm³/mol. The maximum Gasteiger partial charge on any atom is 0.288 e. The number of halogens is 2. The number of benzene rings is 2.